The average Bonchev–Trinajstić information content (AvgIpc) is 3.65. The summed E-state index contributed by atoms with van der Waals surface area (Å²) in [4.78, 5) is 44.6. The lowest BCUT2D eigenvalue weighted by Crippen LogP contribution is -2.54. The van der Waals surface area contributed by atoms with Crippen molar-refractivity contribution in [3.63, 3.8) is 0 Å². The highest BCUT2D eigenvalue weighted by Crippen LogP contribution is 2.21. The molecule has 3 aromatic carbocycles. The van der Waals surface area contributed by atoms with Crippen LogP contribution in [0.4, 0.5) is 0 Å². The van der Waals surface area contributed by atoms with Gasteiger partial charge in [-0.2, -0.15) is 0 Å². The van der Waals surface area contributed by atoms with Gasteiger partial charge >= 0.3 is 0 Å². The lowest BCUT2D eigenvalue weighted by atomic mass is 9.99. The van der Waals surface area contributed by atoms with E-state index in [0.29, 0.717) is 11.4 Å². The van der Waals surface area contributed by atoms with Gasteiger partial charge in [0.2, 0.25) is 11.8 Å². The number of para-hydroxylation sites is 1. The summed E-state index contributed by atoms with van der Waals surface area (Å²) in [6.45, 7) is 3.84. The number of likely N-dealkylation sites (N-methyl/N-ethyl adjacent to an activating group) is 1. The fourth-order valence-corrected chi connectivity index (χ4v) is 5.16. The highest BCUT2D eigenvalue weighted by atomic mass is 16.2. The van der Waals surface area contributed by atoms with E-state index in [0.717, 1.165) is 38.7 Å². The predicted molar refractivity (Wildman–Crippen MR) is 158 cm³/mol. The molecule has 0 radical (unpaired) electrons. The van der Waals surface area contributed by atoms with Crippen molar-refractivity contribution < 1.29 is 14.4 Å². The van der Waals surface area contributed by atoms with Gasteiger partial charge in [0.05, 0.1) is 0 Å². The lowest BCUT2D eigenvalue weighted by Gasteiger charge is -2.29. The van der Waals surface area contributed by atoms with Gasteiger partial charge in [-0.15, -0.1) is 5.10 Å². The summed E-state index contributed by atoms with van der Waals surface area (Å²) in [6.07, 6.45) is 2.21. The minimum atomic E-state index is -0.981. The summed E-state index contributed by atoms with van der Waals surface area (Å²) in [6, 6.07) is 18.7. The maximum Gasteiger partial charge on any atom is 0.254 e. The molecule has 11 nitrogen and oxygen atoms in total. The number of rotatable bonds is 10. The summed E-state index contributed by atoms with van der Waals surface area (Å²) in [7, 11) is 1.59. The van der Waals surface area contributed by atoms with Crippen LogP contribution < -0.4 is 11.1 Å². The van der Waals surface area contributed by atoms with E-state index in [-0.39, 0.29) is 18.7 Å². The molecule has 5 N–H and O–H groups in total. The standard InChI is InChI=1S/C31H32N8O3/c1-18-12-19(2)14-22(13-18)31(42)39(3)27(15-20-8-10-21(11-9-20)29-35-37-38-36-29)30(41)34-26(28(32)40)16-23-17-33-25-7-5-4-6-24(23)25/h4-14,17,26-27,33H,15-16H2,1-3H3,(H2,32,40)(H,34,41)(H,35,36,37,38)/t26-,27+/m0/s1. The normalized spacial score (nSPS) is 12.5. The zero-order chi connectivity index (χ0) is 29.8. The first-order valence-electron chi connectivity index (χ1n) is 13.5. The molecule has 11 heteroatoms. The molecule has 0 saturated heterocycles. The second kappa shape index (κ2) is 12.0. The second-order valence-corrected chi connectivity index (χ2v) is 10.5. The summed E-state index contributed by atoms with van der Waals surface area (Å²) < 4.78 is 0. The number of nitrogens with one attached hydrogen (secondary N) is 3. The number of aryl methyl sites for hydroxylation is 2. The topological polar surface area (TPSA) is 163 Å². The van der Waals surface area contributed by atoms with Gasteiger partial charge in [0.25, 0.3) is 5.91 Å². The lowest BCUT2D eigenvalue weighted by molar-refractivity contribution is -0.130. The van der Waals surface area contributed by atoms with Gasteiger partial charge < -0.3 is 20.9 Å². The number of tetrazole rings is 1. The Balaban J connectivity index is 1.42. The number of aromatic nitrogens is 5. The monoisotopic (exact) mass is 564 g/mol. The molecule has 5 aromatic rings. The van der Waals surface area contributed by atoms with Crippen LogP contribution in [0.15, 0.2) is 72.9 Å². The van der Waals surface area contributed by atoms with Crippen molar-refractivity contribution in [1.82, 2.24) is 35.8 Å². The van der Waals surface area contributed by atoms with Crippen LogP contribution in [0.5, 0.6) is 0 Å². The van der Waals surface area contributed by atoms with Gasteiger partial charge in [0.15, 0.2) is 5.82 Å². The van der Waals surface area contributed by atoms with Crippen molar-refractivity contribution in [1.29, 1.82) is 0 Å². The number of hydrogen-bond donors (Lipinski definition) is 4. The highest BCUT2D eigenvalue weighted by Gasteiger charge is 2.31. The molecular weight excluding hydrogens is 532 g/mol. The Bertz CT molecular complexity index is 1710. The molecule has 0 fully saturated rings. The maximum absolute atomic E-state index is 13.9. The Morgan fingerprint density at radius 2 is 1.69 bits per heavy atom. The molecule has 0 unspecified atom stereocenters. The quantitative estimate of drug-likeness (QED) is 0.204. The molecular formula is C31H32N8O3. The van der Waals surface area contributed by atoms with E-state index in [9.17, 15) is 14.4 Å². The molecule has 2 aromatic heterocycles. The minimum Gasteiger partial charge on any atom is -0.368 e. The van der Waals surface area contributed by atoms with Crippen LogP contribution in [0.1, 0.15) is 32.6 Å². The third-order valence-corrected chi connectivity index (χ3v) is 7.32. The largest absolute Gasteiger partial charge is 0.368 e. The molecule has 0 bridgehead atoms. The number of benzene rings is 3. The van der Waals surface area contributed by atoms with Crippen LogP contribution in [0.3, 0.4) is 0 Å². The molecule has 214 valence electrons. The Kier molecular flexibility index (Phi) is 8.09. The molecule has 2 atom stereocenters. The van der Waals surface area contributed by atoms with Crippen molar-refractivity contribution in [2.45, 2.75) is 38.8 Å². The van der Waals surface area contributed by atoms with Crippen LogP contribution in [0.25, 0.3) is 22.3 Å². The fourth-order valence-electron chi connectivity index (χ4n) is 5.16. The van der Waals surface area contributed by atoms with Crippen molar-refractivity contribution in [2.24, 2.45) is 5.73 Å². The predicted octanol–water partition coefficient (Wildman–Crippen LogP) is 2.86. The first kappa shape index (κ1) is 28.2. The summed E-state index contributed by atoms with van der Waals surface area (Å²) in [5.41, 5.74) is 11.5. The van der Waals surface area contributed by atoms with Crippen LogP contribution in [-0.2, 0) is 22.4 Å². The van der Waals surface area contributed by atoms with E-state index in [1.54, 1.807) is 19.2 Å². The van der Waals surface area contributed by atoms with Crippen molar-refractivity contribution in [3.8, 4) is 11.4 Å². The van der Waals surface area contributed by atoms with Gasteiger partial charge in [-0.1, -0.05) is 59.7 Å². The smallest absolute Gasteiger partial charge is 0.254 e. The number of carbonyl (C=O) groups excluding carboxylic acids is 3. The number of hydrogen-bond acceptors (Lipinski definition) is 6. The van der Waals surface area contributed by atoms with Gasteiger partial charge in [-0.05, 0) is 53.6 Å². The van der Waals surface area contributed by atoms with Crippen molar-refractivity contribution >= 4 is 28.6 Å². The average molecular weight is 565 g/mol. The van der Waals surface area contributed by atoms with E-state index >= 15 is 0 Å². The Morgan fingerprint density at radius 1 is 0.976 bits per heavy atom. The van der Waals surface area contributed by atoms with Crippen LogP contribution >= 0.6 is 0 Å². The molecule has 2 heterocycles. The number of aromatic amines is 2. The first-order chi connectivity index (χ1) is 20.2. The zero-order valence-corrected chi connectivity index (χ0v) is 23.6. The molecule has 0 aliphatic rings. The number of primary amides is 1. The second-order valence-electron chi connectivity index (χ2n) is 10.5. The van der Waals surface area contributed by atoms with Crippen molar-refractivity contribution in [2.75, 3.05) is 7.05 Å². The molecule has 3 amide bonds. The molecule has 0 aliphatic carbocycles. The first-order valence-corrected chi connectivity index (χ1v) is 13.5. The summed E-state index contributed by atoms with van der Waals surface area (Å²) >= 11 is 0. The number of nitrogens with two attached hydrogens (primary N) is 1. The van der Waals surface area contributed by atoms with E-state index in [1.807, 2.05) is 74.6 Å². The zero-order valence-electron chi connectivity index (χ0n) is 23.6. The molecule has 0 saturated carbocycles. The fraction of sp³-hybridized carbons (Fsp3) is 0.226. The van der Waals surface area contributed by atoms with E-state index < -0.39 is 23.9 Å². The Hall–Kier alpha value is -5.32. The number of nitrogens with zero attached hydrogens (tertiary/aromatic N) is 4. The number of H-pyrrole nitrogens is 2. The maximum atomic E-state index is 13.9. The Labute approximate surface area is 242 Å². The highest BCUT2D eigenvalue weighted by molar-refractivity contribution is 5.98. The third-order valence-electron chi connectivity index (χ3n) is 7.32. The van der Waals surface area contributed by atoms with E-state index in [1.165, 1.54) is 4.90 Å². The molecule has 42 heavy (non-hydrogen) atoms. The number of amides is 3. The third kappa shape index (κ3) is 6.20. The molecule has 0 spiro atoms. The summed E-state index contributed by atoms with van der Waals surface area (Å²) in [5.74, 6) is -0.943. The van der Waals surface area contributed by atoms with Gasteiger partial charge in [0, 0.05) is 48.1 Å². The summed E-state index contributed by atoms with van der Waals surface area (Å²) in [5, 5.41) is 17.6. The molecule has 5 rings (SSSR count). The number of fused-ring (bicyclic) bond motifs is 1. The number of carbonyl (C=O) groups is 3. The van der Waals surface area contributed by atoms with E-state index in [2.05, 4.69) is 30.9 Å². The van der Waals surface area contributed by atoms with Crippen LogP contribution in [0.2, 0.25) is 0 Å². The van der Waals surface area contributed by atoms with Gasteiger partial charge in [-0.3, -0.25) is 14.4 Å². The SMILES string of the molecule is Cc1cc(C)cc(C(=O)N(C)[C@H](Cc2ccc(-c3nnn[nH]3)cc2)C(=O)N[C@@H](Cc2c[nH]c3ccccc23)C(N)=O)c1. The van der Waals surface area contributed by atoms with E-state index in [4.69, 9.17) is 5.73 Å². The van der Waals surface area contributed by atoms with Gasteiger partial charge in [-0.25, -0.2) is 5.10 Å². The van der Waals surface area contributed by atoms with Crippen LogP contribution in [0, 0.1) is 13.8 Å². The molecule has 0 aliphatic heterocycles. The minimum absolute atomic E-state index is 0.201. The Morgan fingerprint density at radius 3 is 2.36 bits per heavy atom. The van der Waals surface area contributed by atoms with Crippen molar-refractivity contribution in [3.05, 3.63) is 101 Å². The van der Waals surface area contributed by atoms with Crippen LogP contribution in [-0.4, -0.2) is 67.4 Å². The van der Waals surface area contributed by atoms with Gasteiger partial charge in [0.1, 0.15) is 12.1 Å².